The molecular formula is C16H26FN. The van der Waals surface area contributed by atoms with Gasteiger partial charge < -0.3 is 5.32 Å². The van der Waals surface area contributed by atoms with Crippen LogP contribution in [0.15, 0.2) is 24.3 Å². The van der Waals surface area contributed by atoms with Crippen LogP contribution in [-0.2, 0) is 6.42 Å². The number of nitrogens with one attached hydrogen (secondary N) is 1. The monoisotopic (exact) mass is 251 g/mol. The number of rotatable bonds is 9. The van der Waals surface area contributed by atoms with Crippen LogP contribution >= 0.6 is 0 Å². The summed E-state index contributed by atoms with van der Waals surface area (Å²) in [4.78, 5) is 0. The van der Waals surface area contributed by atoms with Gasteiger partial charge in [-0.3, -0.25) is 0 Å². The molecule has 0 spiro atoms. The first-order chi connectivity index (χ1) is 8.76. The lowest BCUT2D eigenvalue weighted by Gasteiger charge is -2.17. The summed E-state index contributed by atoms with van der Waals surface area (Å²) in [5.41, 5.74) is 1.11. The molecule has 1 N–H and O–H groups in total. The van der Waals surface area contributed by atoms with E-state index in [1.807, 2.05) is 6.07 Å². The Bertz CT molecular complexity index is 325. The fourth-order valence-electron chi connectivity index (χ4n) is 2.29. The SMILES string of the molecule is CCCNC(CCC)CCCc1cccc(F)c1. The molecule has 18 heavy (non-hydrogen) atoms. The van der Waals surface area contributed by atoms with Gasteiger partial charge in [0.2, 0.25) is 0 Å². The first kappa shape index (κ1) is 15.2. The molecule has 0 amide bonds. The van der Waals surface area contributed by atoms with Crippen molar-refractivity contribution >= 4 is 0 Å². The lowest BCUT2D eigenvalue weighted by molar-refractivity contribution is 0.437. The van der Waals surface area contributed by atoms with Crippen molar-refractivity contribution in [1.29, 1.82) is 0 Å². The lowest BCUT2D eigenvalue weighted by Crippen LogP contribution is -2.29. The Morgan fingerprint density at radius 2 is 2.00 bits per heavy atom. The first-order valence-corrected chi connectivity index (χ1v) is 7.24. The standard InChI is InChI=1S/C16H26FN/c1-3-7-16(18-12-4-2)11-6-9-14-8-5-10-15(17)13-14/h5,8,10,13,16,18H,3-4,6-7,9,11-12H2,1-2H3. The van der Waals surface area contributed by atoms with Gasteiger partial charge in [0.15, 0.2) is 0 Å². The fourth-order valence-corrected chi connectivity index (χ4v) is 2.29. The predicted molar refractivity (Wildman–Crippen MR) is 76.3 cm³/mol. The molecule has 0 aromatic heterocycles. The Morgan fingerprint density at radius 1 is 1.17 bits per heavy atom. The van der Waals surface area contributed by atoms with Crippen LogP contribution in [0.25, 0.3) is 0 Å². The van der Waals surface area contributed by atoms with E-state index in [1.165, 1.54) is 31.7 Å². The van der Waals surface area contributed by atoms with Crippen molar-refractivity contribution in [2.24, 2.45) is 0 Å². The minimum atomic E-state index is -0.123. The maximum absolute atomic E-state index is 13.0. The summed E-state index contributed by atoms with van der Waals surface area (Å²) in [6.07, 6.45) is 6.94. The summed E-state index contributed by atoms with van der Waals surface area (Å²) in [6, 6.07) is 7.59. The van der Waals surface area contributed by atoms with Crippen LogP contribution in [0.5, 0.6) is 0 Å². The smallest absolute Gasteiger partial charge is 0.123 e. The third kappa shape index (κ3) is 6.15. The molecule has 0 heterocycles. The van der Waals surface area contributed by atoms with Crippen molar-refractivity contribution in [2.75, 3.05) is 6.54 Å². The molecule has 0 bridgehead atoms. The summed E-state index contributed by atoms with van der Waals surface area (Å²) < 4.78 is 13.0. The number of halogens is 1. The minimum absolute atomic E-state index is 0.123. The quantitative estimate of drug-likeness (QED) is 0.689. The van der Waals surface area contributed by atoms with Gasteiger partial charge >= 0.3 is 0 Å². The van der Waals surface area contributed by atoms with Gasteiger partial charge in [0.1, 0.15) is 5.82 Å². The number of hydrogen-bond acceptors (Lipinski definition) is 1. The van der Waals surface area contributed by atoms with E-state index in [0.717, 1.165) is 24.9 Å². The molecule has 102 valence electrons. The van der Waals surface area contributed by atoms with E-state index in [9.17, 15) is 4.39 Å². The largest absolute Gasteiger partial charge is 0.314 e. The molecule has 0 aliphatic heterocycles. The van der Waals surface area contributed by atoms with Crippen molar-refractivity contribution in [3.63, 3.8) is 0 Å². The zero-order chi connectivity index (χ0) is 13.2. The third-order valence-corrected chi connectivity index (χ3v) is 3.23. The van der Waals surface area contributed by atoms with E-state index >= 15 is 0 Å². The summed E-state index contributed by atoms with van der Waals surface area (Å²) in [7, 11) is 0. The zero-order valence-electron chi connectivity index (χ0n) is 11.7. The molecule has 0 radical (unpaired) electrons. The molecule has 1 atom stereocenters. The highest BCUT2D eigenvalue weighted by atomic mass is 19.1. The Kier molecular flexibility index (Phi) is 7.66. The van der Waals surface area contributed by atoms with E-state index < -0.39 is 0 Å². The Hall–Kier alpha value is -0.890. The Balaban J connectivity index is 2.29. The van der Waals surface area contributed by atoms with Gasteiger partial charge in [0, 0.05) is 6.04 Å². The number of hydrogen-bond donors (Lipinski definition) is 1. The highest BCUT2D eigenvalue weighted by Gasteiger charge is 2.06. The van der Waals surface area contributed by atoms with Gasteiger partial charge in [-0.05, 0) is 56.3 Å². The molecule has 1 aromatic carbocycles. The molecule has 0 aliphatic rings. The molecule has 1 aromatic rings. The molecule has 1 rings (SSSR count). The van der Waals surface area contributed by atoms with Gasteiger partial charge in [0.05, 0.1) is 0 Å². The minimum Gasteiger partial charge on any atom is -0.314 e. The molecular weight excluding hydrogens is 225 g/mol. The molecule has 0 fully saturated rings. The molecule has 1 nitrogen and oxygen atoms in total. The second-order valence-electron chi connectivity index (χ2n) is 4.96. The van der Waals surface area contributed by atoms with Gasteiger partial charge in [-0.15, -0.1) is 0 Å². The van der Waals surface area contributed by atoms with Crippen LogP contribution in [0.1, 0.15) is 51.5 Å². The number of aryl methyl sites for hydroxylation is 1. The Labute approximate surface area is 111 Å². The van der Waals surface area contributed by atoms with Crippen LogP contribution in [0.4, 0.5) is 4.39 Å². The molecule has 0 aliphatic carbocycles. The second kappa shape index (κ2) is 9.09. The summed E-state index contributed by atoms with van der Waals surface area (Å²) in [6.45, 7) is 5.53. The molecule has 2 heteroatoms. The molecule has 1 unspecified atom stereocenters. The van der Waals surface area contributed by atoms with E-state index in [-0.39, 0.29) is 5.82 Å². The van der Waals surface area contributed by atoms with Crippen LogP contribution < -0.4 is 5.32 Å². The van der Waals surface area contributed by atoms with Crippen LogP contribution in [0.3, 0.4) is 0 Å². The van der Waals surface area contributed by atoms with E-state index in [1.54, 1.807) is 12.1 Å². The fraction of sp³-hybridized carbons (Fsp3) is 0.625. The van der Waals surface area contributed by atoms with Crippen molar-refractivity contribution < 1.29 is 4.39 Å². The molecule has 0 saturated heterocycles. The first-order valence-electron chi connectivity index (χ1n) is 7.24. The highest BCUT2D eigenvalue weighted by molar-refractivity contribution is 5.16. The van der Waals surface area contributed by atoms with E-state index in [0.29, 0.717) is 6.04 Å². The predicted octanol–water partition coefficient (Wildman–Crippen LogP) is 4.32. The van der Waals surface area contributed by atoms with Crippen molar-refractivity contribution in [2.45, 2.75) is 58.4 Å². The van der Waals surface area contributed by atoms with Gasteiger partial charge in [0.25, 0.3) is 0 Å². The zero-order valence-corrected chi connectivity index (χ0v) is 11.7. The van der Waals surface area contributed by atoms with Crippen molar-refractivity contribution in [3.05, 3.63) is 35.6 Å². The van der Waals surface area contributed by atoms with Gasteiger partial charge in [-0.25, -0.2) is 4.39 Å². The van der Waals surface area contributed by atoms with Crippen LogP contribution in [-0.4, -0.2) is 12.6 Å². The molecule has 0 saturated carbocycles. The highest BCUT2D eigenvalue weighted by Crippen LogP contribution is 2.11. The second-order valence-corrected chi connectivity index (χ2v) is 4.96. The third-order valence-electron chi connectivity index (χ3n) is 3.23. The maximum atomic E-state index is 13.0. The average molecular weight is 251 g/mol. The van der Waals surface area contributed by atoms with Crippen LogP contribution in [0.2, 0.25) is 0 Å². The Morgan fingerprint density at radius 3 is 2.67 bits per heavy atom. The van der Waals surface area contributed by atoms with Crippen LogP contribution in [0, 0.1) is 5.82 Å². The normalized spacial score (nSPS) is 12.6. The number of benzene rings is 1. The van der Waals surface area contributed by atoms with E-state index in [2.05, 4.69) is 19.2 Å². The van der Waals surface area contributed by atoms with E-state index in [4.69, 9.17) is 0 Å². The van der Waals surface area contributed by atoms with Crippen molar-refractivity contribution in [3.8, 4) is 0 Å². The van der Waals surface area contributed by atoms with Crippen molar-refractivity contribution in [1.82, 2.24) is 5.32 Å². The lowest BCUT2D eigenvalue weighted by atomic mass is 10.0. The average Bonchev–Trinajstić information content (AvgIpc) is 2.36. The van der Waals surface area contributed by atoms with Gasteiger partial charge in [-0.1, -0.05) is 32.4 Å². The summed E-state index contributed by atoms with van der Waals surface area (Å²) in [5.74, 6) is -0.123. The summed E-state index contributed by atoms with van der Waals surface area (Å²) in [5, 5.41) is 3.59. The summed E-state index contributed by atoms with van der Waals surface area (Å²) >= 11 is 0. The maximum Gasteiger partial charge on any atom is 0.123 e. The van der Waals surface area contributed by atoms with Gasteiger partial charge in [-0.2, -0.15) is 0 Å². The topological polar surface area (TPSA) is 12.0 Å².